The minimum absolute atomic E-state index is 0.268. The molecule has 2 aliphatic rings. The largest absolute Gasteiger partial charge is 0.469 e. The zero-order valence-electron chi connectivity index (χ0n) is 9.89. The standard InChI is InChI=1S/C12H21NO3/c1-16-12(15)10-8-13(7-6-11(10)14)9-4-2-3-5-9/h9-11,14H,2-8H2,1H3/t10-,11-/m0/s1. The van der Waals surface area contributed by atoms with Crippen LogP contribution in [0, 0.1) is 5.92 Å². The highest BCUT2D eigenvalue weighted by molar-refractivity contribution is 5.73. The van der Waals surface area contributed by atoms with Crippen molar-refractivity contribution in [3.8, 4) is 0 Å². The van der Waals surface area contributed by atoms with Crippen LogP contribution in [0.4, 0.5) is 0 Å². The highest BCUT2D eigenvalue weighted by atomic mass is 16.5. The molecule has 0 spiro atoms. The number of likely N-dealkylation sites (tertiary alicyclic amines) is 1. The molecule has 1 saturated heterocycles. The second-order valence-electron chi connectivity index (χ2n) is 4.92. The normalized spacial score (nSPS) is 32.9. The van der Waals surface area contributed by atoms with Gasteiger partial charge in [-0.25, -0.2) is 0 Å². The number of aliphatic hydroxyl groups excluding tert-OH is 1. The smallest absolute Gasteiger partial charge is 0.312 e. The maximum atomic E-state index is 11.5. The molecule has 2 atom stereocenters. The Bertz CT molecular complexity index is 251. The summed E-state index contributed by atoms with van der Waals surface area (Å²) < 4.78 is 4.75. The van der Waals surface area contributed by atoms with E-state index in [0.29, 0.717) is 19.0 Å². The maximum absolute atomic E-state index is 11.5. The second-order valence-corrected chi connectivity index (χ2v) is 4.92. The number of esters is 1. The predicted molar refractivity (Wildman–Crippen MR) is 60.0 cm³/mol. The van der Waals surface area contributed by atoms with Gasteiger partial charge in [0, 0.05) is 19.1 Å². The van der Waals surface area contributed by atoms with Gasteiger partial charge in [-0.2, -0.15) is 0 Å². The number of ether oxygens (including phenoxy) is 1. The molecule has 0 radical (unpaired) electrons. The van der Waals surface area contributed by atoms with Gasteiger partial charge in [-0.15, -0.1) is 0 Å². The Morgan fingerprint density at radius 3 is 2.62 bits per heavy atom. The first-order valence-electron chi connectivity index (χ1n) is 6.22. The van der Waals surface area contributed by atoms with E-state index in [1.54, 1.807) is 0 Å². The van der Waals surface area contributed by atoms with Crippen molar-refractivity contribution in [1.29, 1.82) is 0 Å². The fourth-order valence-electron chi connectivity index (χ4n) is 2.95. The van der Waals surface area contributed by atoms with Crippen molar-refractivity contribution >= 4 is 5.97 Å². The van der Waals surface area contributed by atoms with E-state index in [4.69, 9.17) is 4.74 Å². The first-order chi connectivity index (χ1) is 7.72. The van der Waals surface area contributed by atoms with Crippen LogP contribution in [0.3, 0.4) is 0 Å². The summed E-state index contributed by atoms with van der Waals surface area (Å²) in [6.45, 7) is 1.58. The van der Waals surface area contributed by atoms with Crippen molar-refractivity contribution in [2.45, 2.75) is 44.2 Å². The van der Waals surface area contributed by atoms with E-state index < -0.39 is 6.10 Å². The first-order valence-corrected chi connectivity index (χ1v) is 6.22. The van der Waals surface area contributed by atoms with Crippen LogP contribution in [-0.2, 0) is 9.53 Å². The highest BCUT2D eigenvalue weighted by Gasteiger charge is 2.36. The van der Waals surface area contributed by atoms with Gasteiger partial charge in [0.2, 0.25) is 0 Å². The molecule has 4 nitrogen and oxygen atoms in total. The molecular weight excluding hydrogens is 206 g/mol. The quantitative estimate of drug-likeness (QED) is 0.708. The number of aliphatic hydroxyl groups is 1. The van der Waals surface area contributed by atoms with Crippen LogP contribution in [0.25, 0.3) is 0 Å². The summed E-state index contributed by atoms with van der Waals surface area (Å²) in [5, 5.41) is 9.80. The summed E-state index contributed by atoms with van der Waals surface area (Å²) in [7, 11) is 1.39. The van der Waals surface area contributed by atoms with Gasteiger partial charge in [-0.1, -0.05) is 12.8 Å². The van der Waals surface area contributed by atoms with E-state index >= 15 is 0 Å². The summed E-state index contributed by atoms with van der Waals surface area (Å²) >= 11 is 0. The number of carbonyl (C=O) groups excluding carboxylic acids is 1. The SMILES string of the molecule is COC(=O)[C@H]1CN(C2CCCC2)CC[C@@H]1O. The van der Waals surface area contributed by atoms with Gasteiger partial charge in [0.15, 0.2) is 0 Å². The molecule has 0 unspecified atom stereocenters. The summed E-state index contributed by atoms with van der Waals surface area (Å²) in [6, 6.07) is 0.625. The van der Waals surface area contributed by atoms with Gasteiger partial charge >= 0.3 is 5.97 Å². The van der Waals surface area contributed by atoms with Gasteiger partial charge in [0.25, 0.3) is 0 Å². The molecule has 0 aromatic heterocycles. The first kappa shape index (κ1) is 11.9. The average molecular weight is 227 g/mol. The number of carbonyl (C=O) groups is 1. The van der Waals surface area contributed by atoms with E-state index in [9.17, 15) is 9.90 Å². The van der Waals surface area contributed by atoms with Crippen molar-refractivity contribution in [2.75, 3.05) is 20.2 Å². The number of methoxy groups -OCH3 is 1. The predicted octanol–water partition coefficient (Wildman–Crippen LogP) is 0.785. The molecule has 92 valence electrons. The molecule has 1 aliphatic carbocycles. The molecule has 2 fully saturated rings. The summed E-state index contributed by atoms with van der Waals surface area (Å²) in [6.07, 6.45) is 5.24. The fourth-order valence-corrected chi connectivity index (χ4v) is 2.95. The zero-order valence-corrected chi connectivity index (χ0v) is 9.89. The number of piperidine rings is 1. The molecular formula is C12H21NO3. The van der Waals surface area contributed by atoms with Crippen LogP contribution in [0.2, 0.25) is 0 Å². The van der Waals surface area contributed by atoms with Crippen LogP contribution in [-0.4, -0.2) is 48.3 Å². The fraction of sp³-hybridized carbons (Fsp3) is 0.917. The molecule has 1 aliphatic heterocycles. The van der Waals surface area contributed by atoms with Crippen molar-refractivity contribution in [3.05, 3.63) is 0 Å². The summed E-state index contributed by atoms with van der Waals surface area (Å²) in [4.78, 5) is 13.9. The third-order valence-corrected chi connectivity index (χ3v) is 3.95. The van der Waals surface area contributed by atoms with Gasteiger partial charge in [-0.3, -0.25) is 9.69 Å². The summed E-state index contributed by atoms with van der Waals surface area (Å²) in [5.41, 5.74) is 0. The topological polar surface area (TPSA) is 49.8 Å². The van der Waals surface area contributed by atoms with Crippen LogP contribution in [0.5, 0.6) is 0 Å². The molecule has 0 aromatic rings. The minimum atomic E-state index is -0.523. The Kier molecular flexibility index (Phi) is 3.82. The van der Waals surface area contributed by atoms with Crippen molar-refractivity contribution in [3.63, 3.8) is 0 Å². The molecule has 0 bridgehead atoms. The average Bonchev–Trinajstić information content (AvgIpc) is 2.82. The van der Waals surface area contributed by atoms with E-state index in [0.717, 1.165) is 6.54 Å². The monoisotopic (exact) mass is 227 g/mol. The Labute approximate surface area is 96.6 Å². The summed E-state index contributed by atoms with van der Waals surface area (Å²) in [5.74, 6) is -0.616. The number of hydrogen-bond donors (Lipinski definition) is 1. The molecule has 1 N–H and O–H groups in total. The van der Waals surface area contributed by atoms with Gasteiger partial charge in [-0.05, 0) is 19.3 Å². The van der Waals surface area contributed by atoms with E-state index in [1.807, 2.05) is 0 Å². The van der Waals surface area contributed by atoms with Crippen LogP contribution in [0.15, 0.2) is 0 Å². The lowest BCUT2D eigenvalue weighted by atomic mass is 9.93. The Morgan fingerprint density at radius 2 is 2.00 bits per heavy atom. The van der Waals surface area contributed by atoms with Crippen molar-refractivity contribution < 1.29 is 14.6 Å². The van der Waals surface area contributed by atoms with E-state index in [2.05, 4.69) is 4.90 Å². The second kappa shape index (κ2) is 5.15. The van der Waals surface area contributed by atoms with Crippen molar-refractivity contribution in [2.24, 2.45) is 5.92 Å². The van der Waals surface area contributed by atoms with Gasteiger partial charge < -0.3 is 9.84 Å². The maximum Gasteiger partial charge on any atom is 0.312 e. The highest BCUT2D eigenvalue weighted by Crippen LogP contribution is 2.28. The van der Waals surface area contributed by atoms with E-state index in [-0.39, 0.29) is 11.9 Å². The molecule has 4 heteroatoms. The van der Waals surface area contributed by atoms with Crippen LogP contribution < -0.4 is 0 Å². The molecule has 16 heavy (non-hydrogen) atoms. The lowest BCUT2D eigenvalue weighted by Crippen LogP contribution is -2.49. The molecule has 1 saturated carbocycles. The molecule has 1 heterocycles. The Hall–Kier alpha value is -0.610. The minimum Gasteiger partial charge on any atom is -0.469 e. The van der Waals surface area contributed by atoms with Crippen LogP contribution in [0.1, 0.15) is 32.1 Å². The Morgan fingerprint density at radius 1 is 1.31 bits per heavy atom. The number of nitrogens with zero attached hydrogens (tertiary/aromatic N) is 1. The number of rotatable bonds is 2. The lowest BCUT2D eigenvalue weighted by molar-refractivity contribution is -0.153. The molecule has 0 amide bonds. The third kappa shape index (κ3) is 2.38. The van der Waals surface area contributed by atoms with E-state index in [1.165, 1.54) is 32.8 Å². The zero-order chi connectivity index (χ0) is 11.5. The molecule has 0 aromatic carbocycles. The molecule has 2 rings (SSSR count). The van der Waals surface area contributed by atoms with Crippen LogP contribution >= 0.6 is 0 Å². The van der Waals surface area contributed by atoms with Gasteiger partial charge in [0.05, 0.1) is 19.1 Å². The lowest BCUT2D eigenvalue weighted by Gasteiger charge is -2.38. The third-order valence-electron chi connectivity index (χ3n) is 3.95. The number of hydrogen-bond acceptors (Lipinski definition) is 4. The van der Waals surface area contributed by atoms with Gasteiger partial charge in [0.1, 0.15) is 0 Å². The Balaban J connectivity index is 1.95. The van der Waals surface area contributed by atoms with Crippen molar-refractivity contribution in [1.82, 2.24) is 4.90 Å².